The normalized spacial score (nSPS) is 31.4. The van der Waals surface area contributed by atoms with E-state index >= 15 is 0 Å². The summed E-state index contributed by atoms with van der Waals surface area (Å²) in [5.41, 5.74) is 0.283. The molecule has 0 N–H and O–H groups in total. The topological polar surface area (TPSA) is 23.8 Å². The molecule has 0 aliphatic heterocycles. The second-order valence-electron chi connectivity index (χ2n) is 7.09. The Morgan fingerprint density at radius 3 is 2.32 bits per heavy atom. The molecule has 4 unspecified atom stereocenters. The Hall–Kier alpha value is -1.43. The average Bonchev–Trinajstić information content (AvgIpc) is 2.53. The molecular formula is C19H23F2N. The lowest BCUT2D eigenvalue weighted by molar-refractivity contribution is 0.116. The van der Waals surface area contributed by atoms with Gasteiger partial charge in [-0.2, -0.15) is 5.26 Å². The summed E-state index contributed by atoms with van der Waals surface area (Å²) in [6.45, 7) is 2.28. The first-order chi connectivity index (χ1) is 10.6. The van der Waals surface area contributed by atoms with Gasteiger partial charge in [-0.15, -0.1) is 0 Å². The van der Waals surface area contributed by atoms with E-state index in [2.05, 4.69) is 6.92 Å². The maximum Gasteiger partial charge on any atom is 0.144 e. The van der Waals surface area contributed by atoms with E-state index < -0.39 is 17.2 Å². The van der Waals surface area contributed by atoms with Gasteiger partial charge in [-0.1, -0.05) is 19.8 Å². The number of hydrogen-bond donors (Lipinski definition) is 0. The quantitative estimate of drug-likeness (QED) is 0.703. The van der Waals surface area contributed by atoms with Crippen LogP contribution in [0.4, 0.5) is 8.78 Å². The van der Waals surface area contributed by atoms with Crippen LogP contribution in [-0.2, 0) is 0 Å². The van der Waals surface area contributed by atoms with Gasteiger partial charge in [0.25, 0.3) is 0 Å². The standard InChI is InChI=1S/C19H23F2N/c1-2-12-3-4-14-8-15(6-5-13(14)7-12)16-9-18(20)17(11-22)19(21)10-16/h9-10,12-15H,2-8H2,1H3. The molecular weight excluding hydrogens is 280 g/mol. The number of fused-ring (bicyclic) bond motifs is 1. The highest BCUT2D eigenvalue weighted by atomic mass is 19.1. The molecule has 2 fully saturated rings. The van der Waals surface area contributed by atoms with Gasteiger partial charge in [-0.05, 0) is 73.5 Å². The minimum Gasteiger partial charge on any atom is -0.205 e. The van der Waals surface area contributed by atoms with E-state index in [0.29, 0.717) is 5.92 Å². The third-order valence-corrected chi connectivity index (χ3v) is 5.95. The van der Waals surface area contributed by atoms with E-state index in [9.17, 15) is 8.78 Å². The van der Waals surface area contributed by atoms with Crippen molar-refractivity contribution in [2.24, 2.45) is 17.8 Å². The van der Waals surface area contributed by atoms with Gasteiger partial charge in [0.15, 0.2) is 0 Å². The van der Waals surface area contributed by atoms with Crippen LogP contribution in [0.2, 0.25) is 0 Å². The SMILES string of the molecule is CCC1CCC2CC(c3cc(F)c(C#N)c(F)c3)CCC2C1. The highest BCUT2D eigenvalue weighted by molar-refractivity contribution is 5.36. The molecule has 2 aliphatic rings. The van der Waals surface area contributed by atoms with Crippen molar-refractivity contribution in [1.82, 2.24) is 0 Å². The largest absolute Gasteiger partial charge is 0.205 e. The molecule has 0 bridgehead atoms. The molecule has 0 spiro atoms. The maximum absolute atomic E-state index is 13.8. The Kier molecular flexibility index (Phi) is 4.47. The summed E-state index contributed by atoms with van der Waals surface area (Å²) in [6.07, 6.45) is 8.42. The first-order valence-electron chi connectivity index (χ1n) is 8.51. The summed E-state index contributed by atoms with van der Waals surface area (Å²) >= 11 is 0. The predicted molar refractivity (Wildman–Crippen MR) is 82.3 cm³/mol. The third kappa shape index (κ3) is 2.89. The van der Waals surface area contributed by atoms with Crippen LogP contribution < -0.4 is 0 Å². The minimum atomic E-state index is -0.714. The van der Waals surface area contributed by atoms with Gasteiger partial charge in [0.05, 0.1) is 0 Å². The van der Waals surface area contributed by atoms with Crippen molar-refractivity contribution >= 4 is 0 Å². The lowest BCUT2D eigenvalue weighted by Gasteiger charge is -2.42. The van der Waals surface area contributed by atoms with Crippen molar-refractivity contribution in [2.45, 2.75) is 57.8 Å². The molecule has 1 aromatic carbocycles. The van der Waals surface area contributed by atoms with Crippen molar-refractivity contribution in [3.8, 4) is 6.07 Å². The molecule has 0 saturated heterocycles. The van der Waals surface area contributed by atoms with E-state index in [-0.39, 0.29) is 5.92 Å². The van der Waals surface area contributed by atoms with Crippen LogP contribution in [0.5, 0.6) is 0 Å². The van der Waals surface area contributed by atoms with Gasteiger partial charge in [-0.3, -0.25) is 0 Å². The molecule has 118 valence electrons. The van der Waals surface area contributed by atoms with Crippen molar-refractivity contribution in [2.75, 3.05) is 0 Å². The molecule has 3 rings (SSSR count). The molecule has 3 heteroatoms. The Labute approximate surface area is 131 Å². The molecule has 0 heterocycles. The first-order valence-corrected chi connectivity index (χ1v) is 8.51. The number of benzene rings is 1. The summed E-state index contributed by atoms with van der Waals surface area (Å²) in [4.78, 5) is 0. The van der Waals surface area contributed by atoms with Gasteiger partial charge in [0.2, 0.25) is 0 Å². The molecule has 0 radical (unpaired) electrons. The van der Waals surface area contributed by atoms with E-state index in [1.54, 1.807) is 6.07 Å². The van der Waals surface area contributed by atoms with Crippen LogP contribution in [0.3, 0.4) is 0 Å². The van der Waals surface area contributed by atoms with E-state index in [0.717, 1.165) is 30.2 Å². The fraction of sp³-hybridized carbons (Fsp3) is 0.632. The summed E-state index contributed by atoms with van der Waals surface area (Å²) in [5.74, 6) is 1.22. The fourth-order valence-corrected chi connectivity index (χ4v) is 4.60. The molecule has 4 atom stereocenters. The van der Waals surface area contributed by atoms with Crippen LogP contribution in [0.15, 0.2) is 12.1 Å². The van der Waals surface area contributed by atoms with Gasteiger partial charge in [0, 0.05) is 0 Å². The van der Waals surface area contributed by atoms with Crippen molar-refractivity contribution in [3.05, 3.63) is 34.9 Å². The number of hydrogen-bond acceptors (Lipinski definition) is 1. The Morgan fingerprint density at radius 2 is 1.68 bits per heavy atom. The summed E-state index contributed by atoms with van der Waals surface area (Å²) < 4.78 is 27.7. The zero-order chi connectivity index (χ0) is 15.7. The number of halogens is 2. The number of nitrogens with zero attached hydrogens (tertiary/aromatic N) is 1. The molecule has 1 nitrogen and oxygen atoms in total. The highest BCUT2D eigenvalue weighted by Crippen LogP contribution is 2.48. The lowest BCUT2D eigenvalue weighted by atomic mass is 9.63. The summed E-state index contributed by atoms with van der Waals surface area (Å²) in [5, 5.41) is 8.77. The van der Waals surface area contributed by atoms with Crippen LogP contribution in [0.25, 0.3) is 0 Å². The summed E-state index contributed by atoms with van der Waals surface area (Å²) in [6, 6.07) is 4.36. The average molecular weight is 303 g/mol. The minimum absolute atomic E-state index is 0.246. The lowest BCUT2D eigenvalue weighted by Crippen LogP contribution is -2.30. The molecule has 2 saturated carbocycles. The van der Waals surface area contributed by atoms with Crippen LogP contribution >= 0.6 is 0 Å². The first kappa shape index (κ1) is 15.5. The Balaban J connectivity index is 1.75. The number of nitriles is 1. The van der Waals surface area contributed by atoms with E-state index in [1.807, 2.05) is 0 Å². The molecule has 1 aromatic rings. The predicted octanol–water partition coefficient (Wildman–Crippen LogP) is 5.55. The fourth-order valence-electron chi connectivity index (χ4n) is 4.60. The molecule has 22 heavy (non-hydrogen) atoms. The van der Waals surface area contributed by atoms with Gasteiger partial charge in [0.1, 0.15) is 23.3 Å². The Morgan fingerprint density at radius 1 is 1.05 bits per heavy atom. The van der Waals surface area contributed by atoms with Crippen LogP contribution in [0, 0.1) is 40.7 Å². The third-order valence-electron chi connectivity index (χ3n) is 5.95. The van der Waals surface area contributed by atoms with Crippen LogP contribution in [0.1, 0.15) is 68.9 Å². The molecule has 0 aromatic heterocycles. The van der Waals surface area contributed by atoms with E-state index in [1.165, 1.54) is 44.2 Å². The Bertz CT molecular complexity index is 567. The van der Waals surface area contributed by atoms with Crippen molar-refractivity contribution < 1.29 is 8.78 Å². The molecule has 2 aliphatic carbocycles. The monoisotopic (exact) mass is 303 g/mol. The highest BCUT2D eigenvalue weighted by Gasteiger charge is 2.35. The zero-order valence-corrected chi connectivity index (χ0v) is 13.1. The maximum atomic E-state index is 13.8. The second-order valence-corrected chi connectivity index (χ2v) is 7.09. The van der Waals surface area contributed by atoms with Gasteiger partial charge >= 0.3 is 0 Å². The van der Waals surface area contributed by atoms with Crippen molar-refractivity contribution in [1.29, 1.82) is 5.26 Å². The smallest absolute Gasteiger partial charge is 0.144 e. The van der Waals surface area contributed by atoms with Crippen LogP contribution in [-0.4, -0.2) is 0 Å². The number of rotatable bonds is 2. The van der Waals surface area contributed by atoms with Gasteiger partial charge in [-0.25, -0.2) is 8.78 Å². The zero-order valence-electron chi connectivity index (χ0n) is 13.1. The molecule has 0 amide bonds. The summed E-state index contributed by atoms with van der Waals surface area (Å²) in [7, 11) is 0. The van der Waals surface area contributed by atoms with Gasteiger partial charge < -0.3 is 0 Å². The van der Waals surface area contributed by atoms with E-state index in [4.69, 9.17) is 5.26 Å². The van der Waals surface area contributed by atoms with Crippen molar-refractivity contribution in [3.63, 3.8) is 0 Å². The second kappa shape index (κ2) is 6.36.